The fourth-order valence-corrected chi connectivity index (χ4v) is 4.87. The lowest BCUT2D eigenvalue weighted by molar-refractivity contribution is -0.110. The average molecular weight is 483 g/mol. The topological polar surface area (TPSA) is 87.2 Å². The largest absolute Gasteiger partial charge is 0.486 e. The molecule has 0 bridgehead atoms. The number of piperazine rings is 1. The van der Waals surface area contributed by atoms with E-state index in [2.05, 4.69) is 15.1 Å². The van der Waals surface area contributed by atoms with Crippen molar-refractivity contribution < 1.29 is 23.8 Å². The van der Waals surface area contributed by atoms with E-state index in [0.29, 0.717) is 42.4 Å². The quantitative estimate of drug-likeness (QED) is 0.418. The number of hydrogen-bond acceptors (Lipinski definition) is 7. The van der Waals surface area contributed by atoms with Gasteiger partial charge in [-0.3, -0.25) is 14.7 Å². The summed E-state index contributed by atoms with van der Waals surface area (Å²) in [5, 5.41) is 11.6. The van der Waals surface area contributed by atoms with Gasteiger partial charge in [0, 0.05) is 55.2 Å². The molecule has 0 aliphatic carbocycles. The molecule has 0 atom stereocenters. The Hall–Kier alpha value is -2.85. The molecule has 1 saturated heterocycles. The molecule has 4 heterocycles. The van der Waals surface area contributed by atoms with Crippen molar-refractivity contribution in [2.24, 2.45) is 0 Å². The van der Waals surface area contributed by atoms with Crippen LogP contribution in [0.1, 0.15) is 28.9 Å². The van der Waals surface area contributed by atoms with Gasteiger partial charge in [0.15, 0.2) is 0 Å². The summed E-state index contributed by atoms with van der Waals surface area (Å²) < 4.78 is 25.1. The van der Waals surface area contributed by atoms with E-state index >= 15 is 0 Å². The van der Waals surface area contributed by atoms with Gasteiger partial charge < -0.3 is 24.8 Å². The molecule has 1 aromatic carbocycles. The molecule has 3 aliphatic heterocycles. The van der Waals surface area contributed by atoms with Crippen molar-refractivity contribution in [1.82, 2.24) is 14.8 Å². The van der Waals surface area contributed by atoms with Crippen LogP contribution in [0.4, 0.5) is 10.1 Å². The number of carbonyl (C=O) groups excluding carboxylic acids is 1. The van der Waals surface area contributed by atoms with E-state index in [-0.39, 0.29) is 12.5 Å². The molecule has 1 amide bonds. The Morgan fingerprint density at radius 1 is 1.06 bits per heavy atom. The molecule has 5 rings (SSSR count). The number of hydrogen-bond donors (Lipinski definition) is 2. The fraction of sp³-hybridized carbons (Fsp3) is 0.462. The molecule has 3 aliphatic rings. The van der Waals surface area contributed by atoms with Crippen molar-refractivity contribution in [2.75, 3.05) is 64.4 Å². The summed E-state index contributed by atoms with van der Waals surface area (Å²) in [4.78, 5) is 22.3. The number of ether oxygens (including phenoxy) is 2. The fourth-order valence-electron chi connectivity index (χ4n) is 4.87. The van der Waals surface area contributed by atoms with Crippen molar-refractivity contribution in [3.63, 3.8) is 0 Å². The number of aliphatic hydroxyl groups is 1. The van der Waals surface area contributed by atoms with Gasteiger partial charge in [-0.15, -0.1) is 0 Å². The third-order valence-electron chi connectivity index (χ3n) is 6.74. The zero-order valence-corrected chi connectivity index (χ0v) is 19.8. The summed E-state index contributed by atoms with van der Waals surface area (Å²) in [6, 6.07) is 8.23. The number of aliphatic hydroxyl groups excluding tert-OH is 1. The Kier molecular flexibility index (Phi) is 7.38. The first kappa shape index (κ1) is 23.9. The second-order valence-corrected chi connectivity index (χ2v) is 9.06. The summed E-state index contributed by atoms with van der Waals surface area (Å²) in [7, 11) is 0. The van der Waals surface area contributed by atoms with Crippen LogP contribution in [0, 0.1) is 5.82 Å². The molecular weight excluding hydrogens is 451 g/mol. The van der Waals surface area contributed by atoms with Crippen LogP contribution in [-0.4, -0.2) is 84.9 Å². The number of pyridine rings is 1. The molecule has 9 heteroatoms. The van der Waals surface area contributed by atoms with Crippen molar-refractivity contribution in [1.29, 1.82) is 0 Å². The maximum atomic E-state index is 13.8. The number of benzene rings is 1. The molecular formula is C26H31FN4O4. The number of nitrogens with one attached hydrogen (secondary N) is 1. The van der Waals surface area contributed by atoms with Crippen LogP contribution in [0.25, 0.3) is 11.3 Å². The number of aryl methyl sites for hydroxylation is 1. The van der Waals surface area contributed by atoms with Gasteiger partial charge in [0.1, 0.15) is 18.2 Å². The lowest BCUT2D eigenvalue weighted by atomic mass is 10.0. The third-order valence-corrected chi connectivity index (χ3v) is 6.74. The van der Waals surface area contributed by atoms with Gasteiger partial charge in [-0.05, 0) is 49.7 Å². The van der Waals surface area contributed by atoms with E-state index in [4.69, 9.17) is 19.6 Å². The zero-order chi connectivity index (χ0) is 24.2. The van der Waals surface area contributed by atoms with E-state index < -0.39 is 5.82 Å². The van der Waals surface area contributed by atoms with Crippen LogP contribution in [0.2, 0.25) is 0 Å². The van der Waals surface area contributed by atoms with Crippen LogP contribution in [0.5, 0.6) is 0 Å². The third kappa shape index (κ3) is 5.38. The highest BCUT2D eigenvalue weighted by Gasteiger charge is 2.33. The van der Waals surface area contributed by atoms with E-state index in [1.54, 1.807) is 6.07 Å². The molecule has 186 valence electrons. The van der Waals surface area contributed by atoms with Gasteiger partial charge in [0.2, 0.25) is 0 Å². The first-order chi connectivity index (χ1) is 17.1. The summed E-state index contributed by atoms with van der Waals surface area (Å²) in [6.07, 6.45) is 1.90. The zero-order valence-electron chi connectivity index (χ0n) is 19.8. The van der Waals surface area contributed by atoms with Crippen LogP contribution in [0.3, 0.4) is 0 Å². The Morgan fingerprint density at radius 3 is 2.66 bits per heavy atom. The molecule has 0 unspecified atom stereocenters. The molecule has 2 N–H and O–H groups in total. The van der Waals surface area contributed by atoms with Gasteiger partial charge in [-0.1, -0.05) is 0 Å². The van der Waals surface area contributed by atoms with E-state index in [0.717, 1.165) is 69.1 Å². The van der Waals surface area contributed by atoms with Crippen molar-refractivity contribution >= 4 is 22.9 Å². The molecule has 35 heavy (non-hydrogen) atoms. The summed E-state index contributed by atoms with van der Waals surface area (Å²) in [5.41, 5.74) is 4.12. The van der Waals surface area contributed by atoms with Crippen molar-refractivity contribution in [3.05, 3.63) is 58.7 Å². The normalized spacial score (nSPS) is 20.0. The van der Waals surface area contributed by atoms with Crippen LogP contribution < -0.4 is 5.32 Å². The summed E-state index contributed by atoms with van der Waals surface area (Å²) in [6.45, 7) is 7.57. The van der Waals surface area contributed by atoms with Crippen LogP contribution >= 0.6 is 0 Å². The Balaban J connectivity index is 1.15. The predicted molar refractivity (Wildman–Crippen MR) is 130 cm³/mol. The highest BCUT2D eigenvalue weighted by molar-refractivity contribution is 6.36. The number of rotatable bonds is 9. The number of aromatic nitrogens is 1. The van der Waals surface area contributed by atoms with Gasteiger partial charge in [-0.25, -0.2) is 4.39 Å². The molecule has 0 saturated carbocycles. The lowest BCUT2D eigenvalue weighted by Gasteiger charge is -2.34. The van der Waals surface area contributed by atoms with Crippen LogP contribution in [-0.2, 0) is 27.3 Å². The van der Waals surface area contributed by atoms with Gasteiger partial charge in [0.05, 0.1) is 31.1 Å². The minimum absolute atomic E-state index is 0.0751. The standard InChI is InChI=1S/C26H31FN4O4/c27-18-3-6-22-21(16-18)24(26(33)29-22)25-20-5-4-19(28-23(20)17-35-25)2-1-7-30-8-10-31(11-9-30)12-14-34-15-13-32/h3-6,16,32H,1-2,7-15,17H2,(H,29,33)/b25-24-. The number of halogens is 1. The highest BCUT2D eigenvalue weighted by atomic mass is 19.1. The Morgan fingerprint density at radius 2 is 1.86 bits per heavy atom. The molecule has 8 nitrogen and oxygen atoms in total. The Labute approximate surface area is 204 Å². The SMILES string of the molecule is O=C1Nc2ccc(F)cc2/C1=C1/OCc2nc(CCCN3CCN(CCOCCO)CC3)ccc21. The predicted octanol–water partition coefficient (Wildman–Crippen LogP) is 2.13. The van der Waals surface area contributed by atoms with Crippen LogP contribution in [0.15, 0.2) is 30.3 Å². The van der Waals surface area contributed by atoms with Crippen molar-refractivity contribution in [3.8, 4) is 0 Å². The monoisotopic (exact) mass is 482 g/mol. The first-order valence-corrected chi connectivity index (χ1v) is 12.2. The van der Waals surface area contributed by atoms with Gasteiger partial charge >= 0.3 is 0 Å². The highest BCUT2D eigenvalue weighted by Crippen LogP contribution is 2.41. The van der Waals surface area contributed by atoms with Gasteiger partial charge in [-0.2, -0.15) is 0 Å². The minimum atomic E-state index is -0.390. The minimum Gasteiger partial charge on any atom is -0.486 e. The number of anilines is 1. The molecule has 1 aromatic heterocycles. The number of nitrogens with zero attached hydrogens (tertiary/aromatic N) is 3. The van der Waals surface area contributed by atoms with Crippen molar-refractivity contribution in [2.45, 2.75) is 19.4 Å². The number of amides is 1. The van der Waals surface area contributed by atoms with E-state index in [1.807, 2.05) is 12.1 Å². The maximum Gasteiger partial charge on any atom is 0.260 e. The second-order valence-electron chi connectivity index (χ2n) is 9.06. The summed E-state index contributed by atoms with van der Waals surface area (Å²) >= 11 is 0. The molecule has 1 fully saturated rings. The molecule has 0 radical (unpaired) electrons. The summed E-state index contributed by atoms with van der Waals surface area (Å²) in [5.74, 6) is -0.200. The lowest BCUT2D eigenvalue weighted by Crippen LogP contribution is -2.47. The Bertz CT molecular complexity index is 1110. The van der Waals surface area contributed by atoms with E-state index in [1.165, 1.54) is 12.1 Å². The molecule has 2 aromatic rings. The van der Waals surface area contributed by atoms with E-state index in [9.17, 15) is 9.18 Å². The first-order valence-electron chi connectivity index (χ1n) is 12.2. The smallest absolute Gasteiger partial charge is 0.260 e. The number of carbonyl (C=O) groups is 1. The average Bonchev–Trinajstić information content (AvgIpc) is 3.41. The van der Waals surface area contributed by atoms with Gasteiger partial charge in [0.25, 0.3) is 5.91 Å². The molecule has 0 spiro atoms. The number of fused-ring (bicyclic) bond motifs is 2. The maximum absolute atomic E-state index is 13.8. The second kappa shape index (κ2) is 10.8.